The summed E-state index contributed by atoms with van der Waals surface area (Å²) in [5.41, 5.74) is 1.33. The molecule has 2 amide bonds. The third kappa shape index (κ3) is 5.38. The molecule has 1 saturated heterocycles. The second kappa shape index (κ2) is 11.9. The van der Waals surface area contributed by atoms with Gasteiger partial charge in [0.25, 0.3) is 5.69 Å². The molecule has 1 fully saturated rings. The summed E-state index contributed by atoms with van der Waals surface area (Å²) in [6.45, 7) is 1.95. The summed E-state index contributed by atoms with van der Waals surface area (Å²) in [6.07, 6.45) is 0. The Bertz CT molecular complexity index is 1870. The Morgan fingerprint density at radius 2 is 1.84 bits per heavy atom. The number of nitro benzene ring substituents is 1. The first-order chi connectivity index (χ1) is 21.2. The van der Waals surface area contributed by atoms with Crippen LogP contribution in [0.2, 0.25) is 5.02 Å². The van der Waals surface area contributed by atoms with Gasteiger partial charge in [0.05, 0.1) is 33.7 Å². The number of hydrogen-bond donors (Lipinski definition) is 1. The molecule has 3 aromatic carbocycles. The van der Waals surface area contributed by atoms with Crippen LogP contribution in [0.5, 0.6) is 5.75 Å². The van der Waals surface area contributed by atoms with Crippen molar-refractivity contribution in [1.82, 2.24) is 4.98 Å². The standard InChI is InChI=1S/C30H22ClN3O8S2/c1-2-41-29(37)16-6-8-18(9-7-16)33-27(35)23-22(24-26(32-30(38)44-24)43-25(23)28(33)36)20-13-19(34(39)40)10-11-21(20)42-14-15-4-3-5-17(31)12-15/h3-13,22-23,25H,2,14H2,1H3,(H,32,38). The molecule has 4 aromatic rings. The minimum Gasteiger partial charge on any atom is -0.489 e. The largest absolute Gasteiger partial charge is 0.489 e. The van der Waals surface area contributed by atoms with Gasteiger partial charge in [-0.15, -0.1) is 0 Å². The van der Waals surface area contributed by atoms with Gasteiger partial charge in [0.2, 0.25) is 11.8 Å². The van der Waals surface area contributed by atoms with Crippen LogP contribution >= 0.6 is 34.7 Å². The van der Waals surface area contributed by atoms with E-state index in [1.165, 1.54) is 42.5 Å². The highest BCUT2D eigenvalue weighted by atomic mass is 35.5. The Hall–Kier alpha value is -4.46. The van der Waals surface area contributed by atoms with Crippen LogP contribution in [0.1, 0.15) is 39.2 Å². The summed E-state index contributed by atoms with van der Waals surface area (Å²) >= 11 is 8.09. The van der Waals surface area contributed by atoms with E-state index in [4.69, 9.17) is 21.1 Å². The molecule has 2 aliphatic rings. The van der Waals surface area contributed by atoms with Crippen molar-refractivity contribution < 1.29 is 28.8 Å². The number of carbonyl (C=O) groups is 3. The highest BCUT2D eigenvalue weighted by Crippen LogP contribution is 2.55. The highest BCUT2D eigenvalue weighted by molar-refractivity contribution is 8.00. The van der Waals surface area contributed by atoms with E-state index in [1.54, 1.807) is 25.1 Å². The number of imide groups is 1. The van der Waals surface area contributed by atoms with Crippen molar-refractivity contribution in [2.45, 2.75) is 29.7 Å². The van der Waals surface area contributed by atoms with Crippen LogP contribution in [0.25, 0.3) is 0 Å². The molecule has 0 bridgehead atoms. The minimum atomic E-state index is -1.01. The topological polar surface area (TPSA) is 149 Å². The maximum absolute atomic E-state index is 14.1. The number of carbonyl (C=O) groups excluding carboxylic acids is 3. The number of aromatic nitrogens is 1. The Kier molecular flexibility index (Phi) is 8.01. The molecule has 2 aliphatic heterocycles. The number of thiazole rings is 1. The number of hydrogen-bond acceptors (Lipinski definition) is 10. The minimum absolute atomic E-state index is 0.0724. The summed E-state index contributed by atoms with van der Waals surface area (Å²) in [5.74, 6) is -3.24. The molecule has 0 radical (unpaired) electrons. The number of non-ortho nitro benzene ring substituents is 1. The van der Waals surface area contributed by atoms with Gasteiger partial charge in [-0.05, 0) is 55.0 Å². The zero-order valence-electron chi connectivity index (χ0n) is 22.9. The summed E-state index contributed by atoms with van der Waals surface area (Å²) in [7, 11) is 0. The first-order valence-corrected chi connectivity index (χ1v) is 15.4. The molecule has 6 rings (SSSR count). The molecular weight excluding hydrogens is 630 g/mol. The fraction of sp³-hybridized carbons (Fsp3) is 0.200. The van der Waals surface area contributed by atoms with Crippen LogP contribution in [0.15, 0.2) is 76.6 Å². The van der Waals surface area contributed by atoms with E-state index in [1.807, 2.05) is 6.07 Å². The first kappa shape index (κ1) is 29.6. The lowest BCUT2D eigenvalue weighted by molar-refractivity contribution is -0.385. The molecule has 44 heavy (non-hydrogen) atoms. The predicted octanol–water partition coefficient (Wildman–Crippen LogP) is 5.55. The van der Waals surface area contributed by atoms with Crippen molar-refractivity contribution in [1.29, 1.82) is 0 Å². The SMILES string of the molecule is CCOC(=O)c1ccc(N2C(=O)C3Sc4[nH]c(=O)sc4C(c4cc([N+](=O)[O-])ccc4OCc4cccc(Cl)c4)C3C2=O)cc1. The number of fused-ring (bicyclic) bond motifs is 2. The molecule has 14 heteroatoms. The Morgan fingerprint density at radius 3 is 2.55 bits per heavy atom. The van der Waals surface area contributed by atoms with Crippen LogP contribution in [0.4, 0.5) is 11.4 Å². The third-order valence-electron chi connectivity index (χ3n) is 7.28. The normalized spacial score (nSPS) is 19.0. The third-order valence-corrected chi connectivity index (χ3v) is 9.92. The fourth-order valence-corrected chi connectivity index (χ4v) is 8.10. The second-order valence-electron chi connectivity index (χ2n) is 9.93. The van der Waals surface area contributed by atoms with Crippen molar-refractivity contribution in [3.63, 3.8) is 0 Å². The average Bonchev–Trinajstić information content (AvgIpc) is 3.50. The summed E-state index contributed by atoms with van der Waals surface area (Å²) in [5, 5.41) is 11.8. The van der Waals surface area contributed by atoms with E-state index in [0.29, 0.717) is 20.5 Å². The Morgan fingerprint density at radius 1 is 1.07 bits per heavy atom. The monoisotopic (exact) mass is 651 g/mol. The molecule has 1 N–H and O–H groups in total. The predicted molar refractivity (Wildman–Crippen MR) is 164 cm³/mol. The molecule has 0 spiro atoms. The van der Waals surface area contributed by atoms with Crippen molar-refractivity contribution in [2.75, 3.05) is 11.5 Å². The van der Waals surface area contributed by atoms with Gasteiger partial charge in [-0.2, -0.15) is 0 Å². The van der Waals surface area contributed by atoms with Gasteiger partial charge in [-0.25, -0.2) is 9.69 Å². The van der Waals surface area contributed by atoms with Crippen molar-refractivity contribution in [3.05, 3.63) is 113 Å². The Balaban J connectivity index is 1.43. The number of amides is 2. The van der Waals surface area contributed by atoms with Gasteiger partial charge in [0.1, 0.15) is 17.6 Å². The number of esters is 1. The zero-order valence-corrected chi connectivity index (χ0v) is 25.2. The van der Waals surface area contributed by atoms with Gasteiger partial charge in [-0.3, -0.25) is 24.5 Å². The molecule has 1 aromatic heterocycles. The molecule has 0 saturated carbocycles. The number of ether oxygens (including phenoxy) is 2. The first-order valence-electron chi connectivity index (χ1n) is 13.4. The van der Waals surface area contributed by atoms with Crippen LogP contribution < -0.4 is 14.5 Å². The van der Waals surface area contributed by atoms with Crippen molar-refractivity contribution in [3.8, 4) is 5.75 Å². The van der Waals surface area contributed by atoms with Crippen molar-refractivity contribution in [2.24, 2.45) is 5.92 Å². The maximum Gasteiger partial charge on any atom is 0.338 e. The number of rotatable bonds is 8. The lowest BCUT2D eigenvalue weighted by Gasteiger charge is -2.30. The summed E-state index contributed by atoms with van der Waals surface area (Å²) in [6, 6.07) is 17.0. The lowest BCUT2D eigenvalue weighted by atomic mass is 9.82. The number of benzene rings is 3. The molecule has 3 atom stereocenters. The highest BCUT2D eigenvalue weighted by Gasteiger charge is 2.57. The van der Waals surface area contributed by atoms with E-state index in [-0.39, 0.29) is 40.8 Å². The quantitative estimate of drug-likeness (QED) is 0.112. The van der Waals surface area contributed by atoms with Gasteiger partial charge in [0.15, 0.2) is 0 Å². The van der Waals surface area contributed by atoms with E-state index in [0.717, 1.165) is 33.6 Å². The number of nitro groups is 1. The molecular formula is C30H22ClN3O8S2. The number of halogens is 1. The van der Waals surface area contributed by atoms with Crippen LogP contribution in [0, 0.1) is 16.0 Å². The van der Waals surface area contributed by atoms with Crippen molar-refractivity contribution >= 4 is 63.9 Å². The summed E-state index contributed by atoms with van der Waals surface area (Å²) in [4.78, 5) is 67.8. The molecule has 3 heterocycles. The number of anilines is 1. The average molecular weight is 652 g/mol. The molecule has 3 unspecified atom stereocenters. The number of H-pyrrole nitrogens is 1. The van der Waals surface area contributed by atoms with E-state index in [9.17, 15) is 29.3 Å². The van der Waals surface area contributed by atoms with E-state index >= 15 is 0 Å². The van der Waals surface area contributed by atoms with Crippen LogP contribution in [0.3, 0.4) is 0 Å². The fourth-order valence-electron chi connectivity index (χ4n) is 5.38. The summed E-state index contributed by atoms with van der Waals surface area (Å²) < 4.78 is 11.2. The van der Waals surface area contributed by atoms with E-state index < -0.39 is 39.8 Å². The van der Waals surface area contributed by atoms with E-state index in [2.05, 4.69) is 4.98 Å². The second-order valence-corrected chi connectivity index (χ2v) is 12.5. The number of aromatic amines is 1. The van der Waals surface area contributed by atoms with Gasteiger partial charge < -0.3 is 14.5 Å². The molecule has 224 valence electrons. The molecule has 0 aliphatic carbocycles. The number of nitrogens with one attached hydrogen (secondary N) is 1. The number of thioether (sulfide) groups is 1. The number of nitrogens with zero attached hydrogens (tertiary/aromatic N) is 2. The molecule has 11 nitrogen and oxygen atoms in total. The van der Waals surface area contributed by atoms with Gasteiger partial charge >= 0.3 is 10.8 Å². The zero-order chi connectivity index (χ0) is 31.1. The van der Waals surface area contributed by atoms with Gasteiger partial charge in [-0.1, -0.05) is 46.8 Å². The van der Waals surface area contributed by atoms with Crippen LogP contribution in [-0.2, 0) is 20.9 Å². The van der Waals surface area contributed by atoms with Gasteiger partial charge in [0, 0.05) is 33.5 Å². The smallest absolute Gasteiger partial charge is 0.338 e. The lowest BCUT2D eigenvalue weighted by Crippen LogP contribution is -2.32. The Labute approximate surface area is 262 Å². The maximum atomic E-state index is 14.1. The van der Waals surface area contributed by atoms with Crippen LogP contribution in [-0.4, -0.2) is 39.5 Å².